The number of nitrogens with zero attached hydrogens (tertiary/aromatic N) is 2. The van der Waals surface area contributed by atoms with Gasteiger partial charge < -0.3 is 15.0 Å². The molecule has 0 heterocycles. The van der Waals surface area contributed by atoms with Crippen LogP contribution in [0.4, 0.5) is 5.69 Å². The molecule has 0 saturated heterocycles. The molecule has 1 saturated carbocycles. The Morgan fingerprint density at radius 2 is 1.42 bits per heavy atom. The summed E-state index contributed by atoms with van der Waals surface area (Å²) in [6.07, 6.45) is 5.30. The maximum absolute atomic E-state index is 14.8. The highest BCUT2D eigenvalue weighted by atomic mass is 32.2. The average Bonchev–Trinajstić information content (AvgIpc) is 3.10. The number of ether oxygens (including phenoxy) is 1. The molecule has 4 aromatic rings. The summed E-state index contributed by atoms with van der Waals surface area (Å²) in [5, 5.41) is 3.25. The van der Waals surface area contributed by atoms with Gasteiger partial charge in [0.2, 0.25) is 11.8 Å². The SMILES string of the molecule is COc1ccc(C)cc1N(CC(=O)N(Cc1ccccc1)C(Cc1ccccc1)C(=O)NC1CCCCC1)S(=O)(=O)c1ccc(C)cc1. The molecule has 1 atom stereocenters. The van der Waals surface area contributed by atoms with Gasteiger partial charge in [-0.2, -0.15) is 0 Å². The van der Waals surface area contributed by atoms with Gasteiger partial charge in [0.1, 0.15) is 18.3 Å². The van der Waals surface area contributed by atoms with Gasteiger partial charge in [-0.25, -0.2) is 8.42 Å². The minimum Gasteiger partial charge on any atom is -0.495 e. The molecule has 48 heavy (non-hydrogen) atoms. The van der Waals surface area contributed by atoms with E-state index in [0.717, 1.165) is 58.7 Å². The van der Waals surface area contributed by atoms with E-state index >= 15 is 0 Å². The number of amides is 2. The van der Waals surface area contributed by atoms with E-state index in [4.69, 9.17) is 4.74 Å². The van der Waals surface area contributed by atoms with Gasteiger partial charge in [0.05, 0.1) is 17.7 Å². The summed E-state index contributed by atoms with van der Waals surface area (Å²) in [4.78, 5) is 30.6. The third-order valence-corrected chi connectivity index (χ3v) is 10.7. The average molecular weight is 668 g/mol. The Kier molecular flexibility index (Phi) is 11.5. The lowest BCUT2D eigenvalue weighted by Gasteiger charge is -2.35. The zero-order valence-electron chi connectivity index (χ0n) is 28.0. The summed E-state index contributed by atoms with van der Waals surface area (Å²) in [5.74, 6) is -0.427. The Morgan fingerprint density at radius 3 is 2.04 bits per heavy atom. The monoisotopic (exact) mass is 667 g/mol. The Labute approximate surface area is 284 Å². The van der Waals surface area contributed by atoms with Crippen molar-refractivity contribution in [3.05, 3.63) is 125 Å². The molecule has 1 unspecified atom stereocenters. The van der Waals surface area contributed by atoms with Gasteiger partial charge in [-0.15, -0.1) is 0 Å². The minimum atomic E-state index is -4.24. The number of carbonyl (C=O) groups is 2. The van der Waals surface area contributed by atoms with Crippen molar-refractivity contribution in [3.63, 3.8) is 0 Å². The van der Waals surface area contributed by atoms with Gasteiger partial charge >= 0.3 is 0 Å². The molecular formula is C39H45N3O5S. The molecule has 0 bridgehead atoms. The lowest BCUT2D eigenvalue weighted by molar-refractivity contribution is -0.140. The molecule has 5 rings (SSSR count). The van der Waals surface area contributed by atoms with Gasteiger partial charge in [-0.3, -0.25) is 13.9 Å². The standard InChI is InChI=1S/C39H45N3O5S/c1-29-19-22-34(23-20-29)48(45,46)42(35-25-30(2)21-24-37(35)47-3)28-38(43)41(27-32-15-9-5-10-16-32)36(26-31-13-7-4-8-14-31)39(44)40-33-17-11-6-12-18-33/h4-5,7-10,13-16,19-25,33,36H,6,11-12,17-18,26-28H2,1-3H3,(H,40,44). The second-order valence-electron chi connectivity index (χ2n) is 12.6. The van der Waals surface area contributed by atoms with Gasteiger partial charge in [-0.1, -0.05) is 104 Å². The number of anilines is 1. The van der Waals surface area contributed by atoms with Crippen LogP contribution in [0.5, 0.6) is 5.75 Å². The van der Waals surface area contributed by atoms with Crippen molar-refractivity contribution in [1.82, 2.24) is 10.2 Å². The van der Waals surface area contributed by atoms with Gasteiger partial charge in [-0.05, 0) is 67.6 Å². The Balaban J connectivity index is 1.59. The van der Waals surface area contributed by atoms with Crippen LogP contribution in [0, 0.1) is 13.8 Å². The highest BCUT2D eigenvalue weighted by molar-refractivity contribution is 7.92. The number of methoxy groups -OCH3 is 1. The lowest BCUT2D eigenvalue weighted by Crippen LogP contribution is -2.55. The Morgan fingerprint density at radius 1 is 0.812 bits per heavy atom. The first-order chi connectivity index (χ1) is 23.2. The van der Waals surface area contributed by atoms with E-state index in [9.17, 15) is 18.0 Å². The first-order valence-electron chi connectivity index (χ1n) is 16.6. The predicted molar refractivity (Wildman–Crippen MR) is 189 cm³/mol. The lowest BCUT2D eigenvalue weighted by atomic mass is 9.94. The topological polar surface area (TPSA) is 96.0 Å². The molecule has 0 aromatic heterocycles. The number of nitrogens with one attached hydrogen (secondary N) is 1. The van der Waals surface area contributed by atoms with Crippen LogP contribution in [0.25, 0.3) is 0 Å². The molecule has 1 fully saturated rings. The molecule has 0 aliphatic heterocycles. The fraction of sp³-hybridized carbons (Fsp3) is 0.333. The zero-order chi connectivity index (χ0) is 34.1. The largest absolute Gasteiger partial charge is 0.495 e. The first kappa shape index (κ1) is 34.7. The Bertz CT molecular complexity index is 1770. The summed E-state index contributed by atoms with van der Waals surface area (Å²) in [7, 11) is -2.77. The summed E-state index contributed by atoms with van der Waals surface area (Å²) in [6, 6.07) is 30.0. The van der Waals surface area contributed by atoms with Crippen molar-refractivity contribution in [2.24, 2.45) is 0 Å². The van der Waals surface area contributed by atoms with Crippen LogP contribution in [-0.2, 0) is 32.6 Å². The van der Waals surface area contributed by atoms with E-state index in [0.29, 0.717) is 5.75 Å². The molecular weight excluding hydrogens is 623 g/mol. The Hall–Kier alpha value is -4.63. The number of carbonyl (C=O) groups excluding carboxylic acids is 2. The summed E-state index contributed by atoms with van der Waals surface area (Å²) in [6.45, 7) is 3.33. The fourth-order valence-corrected chi connectivity index (χ4v) is 7.64. The zero-order valence-corrected chi connectivity index (χ0v) is 28.8. The van der Waals surface area contributed by atoms with Crippen LogP contribution < -0.4 is 14.4 Å². The summed E-state index contributed by atoms with van der Waals surface area (Å²) >= 11 is 0. The van der Waals surface area contributed by atoms with Crippen molar-refractivity contribution in [3.8, 4) is 5.75 Å². The van der Waals surface area contributed by atoms with Crippen LogP contribution in [0.1, 0.15) is 54.4 Å². The van der Waals surface area contributed by atoms with Gasteiger partial charge in [0.25, 0.3) is 10.0 Å². The maximum Gasteiger partial charge on any atom is 0.264 e. The van der Waals surface area contributed by atoms with Crippen LogP contribution in [0.3, 0.4) is 0 Å². The van der Waals surface area contributed by atoms with Crippen molar-refractivity contribution in [2.45, 2.75) is 75.9 Å². The van der Waals surface area contributed by atoms with Gasteiger partial charge in [0, 0.05) is 19.0 Å². The van der Waals surface area contributed by atoms with E-state index in [2.05, 4.69) is 5.32 Å². The number of hydrogen-bond acceptors (Lipinski definition) is 5. The van der Waals surface area contributed by atoms with Crippen LogP contribution >= 0.6 is 0 Å². The normalized spacial score (nSPS) is 14.1. The number of hydrogen-bond donors (Lipinski definition) is 1. The predicted octanol–water partition coefficient (Wildman–Crippen LogP) is 6.60. The molecule has 0 radical (unpaired) electrons. The molecule has 9 heteroatoms. The molecule has 8 nitrogen and oxygen atoms in total. The third-order valence-electron chi connectivity index (χ3n) is 8.91. The van der Waals surface area contributed by atoms with Crippen LogP contribution in [0.2, 0.25) is 0 Å². The number of rotatable bonds is 13. The molecule has 252 valence electrons. The summed E-state index contributed by atoms with van der Waals surface area (Å²) in [5.41, 5.74) is 3.69. The van der Waals surface area contributed by atoms with Crippen LogP contribution in [-0.4, -0.2) is 50.9 Å². The first-order valence-corrected chi connectivity index (χ1v) is 18.0. The van der Waals surface area contributed by atoms with E-state index in [1.54, 1.807) is 41.3 Å². The molecule has 1 aliphatic carbocycles. The highest BCUT2D eigenvalue weighted by Crippen LogP contribution is 2.34. The third kappa shape index (κ3) is 8.63. The molecule has 2 amide bonds. The molecule has 1 N–H and O–H groups in total. The second kappa shape index (κ2) is 16.0. The van der Waals surface area contributed by atoms with E-state index in [-0.39, 0.29) is 35.5 Å². The molecule has 1 aliphatic rings. The van der Waals surface area contributed by atoms with Crippen molar-refractivity contribution in [2.75, 3.05) is 18.0 Å². The van der Waals surface area contributed by atoms with E-state index in [1.807, 2.05) is 80.6 Å². The van der Waals surface area contributed by atoms with E-state index < -0.39 is 28.5 Å². The maximum atomic E-state index is 14.8. The molecule has 4 aromatic carbocycles. The smallest absolute Gasteiger partial charge is 0.264 e. The number of benzene rings is 4. The minimum absolute atomic E-state index is 0.0353. The van der Waals surface area contributed by atoms with Gasteiger partial charge in [0.15, 0.2) is 0 Å². The quantitative estimate of drug-likeness (QED) is 0.174. The second-order valence-corrected chi connectivity index (χ2v) is 14.4. The van der Waals surface area contributed by atoms with Crippen molar-refractivity contribution < 1.29 is 22.7 Å². The number of sulfonamides is 1. The van der Waals surface area contributed by atoms with Crippen LogP contribution in [0.15, 0.2) is 108 Å². The van der Waals surface area contributed by atoms with E-state index in [1.165, 1.54) is 7.11 Å². The fourth-order valence-electron chi connectivity index (χ4n) is 6.22. The summed E-state index contributed by atoms with van der Waals surface area (Å²) < 4.78 is 35.6. The van der Waals surface area contributed by atoms with Crippen molar-refractivity contribution >= 4 is 27.5 Å². The molecule has 0 spiro atoms. The highest BCUT2D eigenvalue weighted by Gasteiger charge is 2.36. The number of aryl methyl sites for hydroxylation is 2. The van der Waals surface area contributed by atoms with Crippen molar-refractivity contribution in [1.29, 1.82) is 0 Å².